The van der Waals surface area contributed by atoms with Gasteiger partial charge < -0.3 is 0 Å². The lowest BCUT2D eigenvalue weighted by molar-refractivity contribution is 0.419. The van der Waals surface area contributed by atoms with Crippen molar-refractivity contribution in [2.24, 2.45) is 5.92 Å². The van der Waals surface area contributed by atoms with Gasteiger partial charge in [-0.3, -0.25) is 0 Å². The number of hydrogen-bond acceptors (Lipinski definition) is 0. The maximum atomic E-state index is 6.51. The average molecular weight is 285 g/mol. The van der Waals surface area contributed by atoms with Crippen LogP contribution < -0.4 is 0 Å². The Morgan fingerprint density at radius 2 is 1.61 bits per heavy atom. The van der Waals surface area contributed by atoms with Crippen LogP contribution in [0.25, 0.3) is 0 Å². The molecule has 1 aromatic rings. The molecule has 0 aromatic heterocycles. The summed E-state index contributed by atoms with van der Waals surface area (Å²) in [5.41, 5.74) is 1.30. The first kappa shape index (κ1) is 14.2. The molecule has 0 nitrogen and oxygen atoms in total. The maximum Gasteiger partial charge on any atom is 0.0406 e. The summed E-state index contributed by atoms with van der Waals surface area (Å²) >= 11 is 12.4. The zero-order chi connectivity index (χ0) is 12.8. The third kappa shape index (κ3) is 4.82. The van der Waals surface area contributed by atoms with Crippen molar-refractivity contribution in [1.82, 2.24) is 0 Å². The van der Waals surface area contributed by atoms with E-state index >= 15 is 0 Å². The molecule has 2 rings (SSSR count). The number of hydrogen-bond donors (Lipinski definition) is 0. The minimum absolute atomic E-state index is 0.272. The fourth-order valence-corrected chi connectivity index (χ4v) is 3.48. The van der Waals surface area contributed by atoms with E-state index in [0.717, 1.165) is 17.4 Å². The fourth-order valence-electron chi connectivity index (χ4n) is 2.92. The first-order chi connectivity index (χ1) is 8.74. The normalized spacial score (nSPS) is 19.4. The van der Waals surface area contributed by atoms with E-state index in [1.54, 1.807) is 0 Å². The molecule has 0 N–H and O–H groups in total. The van der Waals surface area contributed by atoms with E-state index < -0.39 is 0 Å². The van der Waals surface area contributed by atoms with Crippen LogP contribution in [0.4, 0.5) is 0 Å². The molecule has 1 atom stereocenters. The van der Waals surface area contributed by atoms with Crippen molar-refractivity contribution >= 4 is 23.2 Å². The number of alkyl halides is 1. The second kappa shape index (κ2) is 7.40. The van der Waals surface area contributed by atoms with E-state index in [9.17, 15) is 0 Å². The smallest absolute Gasteiger partial charge is 0.0406 e. The third-order valence-corrected chi connectivity index (χ3v) is 4.52. The van der Waals surface area contributed by atoms with E-state index in [1.165, 1.54) is 50.5 Å². The van der Waals surface area contributed by atoms with Crippen LogP contribution in [0, 0.1) is 5.92 Å². The second-order valence-electron chi connectivity index (χ2n) is 5.52. The molecule has 0 spiro atoms. The average Bonchev–Trinajstić information content (AvgIpc) is 2.61. The Morgan fingerprint density at radius 1 is 1.00 bits per heavy atom. The van der Waals surface area contributed by atoms with Crippen molar-refractivity contribution in [2.45, 2.75) is 56.7 Å². The minimum Gasteiger partial charge on any atom is -0.123 e. The highest BCUT2D eigenvalue weighted by molar-refractivity contribution is 6.30. The Labute approximate surface area is 121 Å². The summed E-state index contributed by atoms with van der Waals surface area (Å²) in [5, 5.41) is 1.07. The van der Waals surface area contributed by atoms with Gasteiger partial charge in [0.2, 0.25) is 0 Å². The van der Waals surface area contributed by atoms with Gasteiger partial charge in [0.25, 0.3) is 0 Å². The van der Waals surface area contributed by atoms with Gasteiger partial charge in [-0.25, -0.2) is 0 Å². The monoisotopic (exact) mass is 284 g/mol. The summed E-state index contributed by atoms with van der Waals surface area (Å²) in [5.74, 6) is 0.849. The number of rotatable bonds is 4. The Morgan fingerprint density at radius 3 is 2.22 bits per heavy atom. The van der Waals surface area contributed by atoms with Crippen LogP contribution in [0.5, 0.6) is 0 Å². The molecule has 0 radical (unpaired) electrons. The molecule has 0 bridgehead atoms. The SMILES string of the molecule is Clc1ccc(CC(Cl)CC2CCCCCC2)cc1. The lowest BCUT2D eigenvalue weighted by Crippen LogP contribution is -2.11. The van der Waals surface area contributed by atoms with Crippen LogP contribution in [0.1, 0.15) is 50.5 Å². The van der Waals surface area contributed by atoms with Crippen molar-refractivity contribution in [3.8, 4) is 0 Å². The topological polar surface area (TPSA) is 0 Å². The molecule has 1 unspecified atom stereocenters. The number of halogens is 2. The van der Waals surface area contributed by atoms with Crippen molar-refractivity contribution in [1.29, 1.82) is 0 Å². The summed E-state index contributed by atoms with van der Waals surface area (Å²) in [6.45, 7) is 0. The summed E-state index contributed by atoms with van der Waals surface area (Å²) in [6.07, 6.45) is 10.5. The van der Waals surface area contributed by atoms with E-state index in [1.807, 2.05) is 12.1 Å². The Balaban J connectivity index is 1.80. The molecule has 1 saturated carbocycles. The van der Waals surface area contributed by atoms with Crippen LogP contribution in [-0.2, 0) is 6.42 Å². The lowest BCUT2D eigenvalue weighted by Gasteiger charge is -2.18. The van der Waals surface area contributed by atoms with Gasteiger partial charge in [-0.05, 0) is 36.5 Å². The van der Waals surface area contributed by atoms with Gasteiger partial charge in [-0.1, -0.05) is 62.3 Å². The minimum atomic E-state index is 0.272. The summed E-state index contributed by atoms with van der Waals surface area (Å²) in [4.78, 5) is 0. The van der Waals surface area contributed by atoms with Crippen molar-refractivity contribution in [2.75, 3.05) is 0 Å². The molecule has 0 aliphatic heterocycles. The Hall–Kier alpha value is -0.200. The van der Waals surface area contributed by atoms with Crippen LogP contribution in [0.2, 0.25) is 5.02 Å². The van der Waals surface area contributed by atoms with Gasteiger partial charge in [-0.2, -0.15) is 0 Å². The Kier molecular flexibility index (Phi) is 5.85. The zero-order valence-electron chi connectivity index (χ0n) is 10.9. The summed E-state index contributed by atoms with van der Waals surface area (Å²) in [6, 6.07) is 8.08. The molecule has 0 heterocycles. The molecule has 1 aliphatic rings. The molecule has 1 aromatic carbocycles. The van der Waals surface area contributed by atoms with Gasteiger partial charge in [-0.15, -0.1) is 11.6 Å². The molecule has 1 fully saturated rings. The van der Waals surface area contributed by atoms with Crippen molar-refractivity contribution in [3.63, 3.8) is 0 Å². The molecule has 0 amide bonds. The Bertz CT molecular complexity index is 337. The lowest BCUT2D eigenvalue weighted by atomic mass is 9.93. The molecule has 18 heavy (non-hydrogen) atoms. The first-order valence-corrected chi connectivity index (χ1v) is 7.94. The van der Waals surface area contributed by atoms with Crippen LogP contribution in [0.3, 0.4) is 0 Å². The van der Waals surface area contributed by atoms with Crippen molar-refractivity contribution in [3.05, 3.63) is 34.9 Å². The molecule has 1 aliphatic carbocycles. The highest BCUT2D eigenvalue weighted by atomic mass is 35.5. The van der Waals surface area contributed by atoms with Gasteiger partial charge in [0.1, 0.15) is 0 Å². The van der Waals surface area contributed by atoms with Crippen LogP contribution >= 0.6 is 23.2 Å². The molecular formula is C16H22Cl2. The predicted octanol–water partition coefficient (Wildman–Crippen LogP) is 5.85. The van der Waals surface area contributed by atoms with Crippen LogP contribution in [-0.4, -0.2) is 5.38 Å². The molecule has 2 heteroatoms. The van der Waals surface area contributed by atoms with Gasteiger partial charge in [0.05, 0.1) is 0 Å². The van der Waals surface area contributed by atoms with Gasteiger partial charge in [0, 0.05) is 10.4 Å². The van der Waals surface area contributed by atoms with Gasteiger partial charge >= 0.3 is 0 Å². The molecule has 100 valence electrons. The maximum absolute atomic E-state index is 6.51. The molecular weight excluding hydrogens is 263 g/mol. The van der Waals surface area contributed by atoms with Gasteiger partial charge in [0.15, 0.2) is 0 Å². The molecule has 0 saturated heterocycles. The standard InChI is InChI=1S/C16H22Cl2/c17-15-9-7-14(8-10-15)12-16(18)11-13-5-3-1-2-4-6-13/h7-10,13,16H,1-6,11-12H2. The fraction of sp³-hybridized carbons (Fsp3) is 0.625. The largest absolute Gasteiger partial charge is 0.123 e. The third-order valence-electron chi connectivity index (χ3n) is 3.93. The quantitative estimate of drug-likeness (QED) is 0.481. The van der Waals surface area contributed by atoms with E-state index in [2.05, 4.69) is 12.1 Å². The second-order valence-corrected chi connectivity index (χ2v) is 6.57. The highest BCUT2D eigenvalue weighted by Crippen LogP contribution is 2.29. The highest BCUT2D eigenvalue weighted by Gasteiger charge is 2.16. The van der Waals surface area contributed by atoms with Crippen LogP contribution in [0.15, 0.2) is 24.3 Å². The predicted molar refractivity (Wildman–Crippen MR) is 80.6 cm³/mol. The van der Waals surface area contributed by atoms with E-state index in [4.69, 9.17) is 23.2 Å². The summed E-state index contributed by atoms with van der Waals surface area (Å²) < 4.78 is 0. The van der Waals surface area contributed by atoms with Crippen molar-refractivity contribution < 1.29 is 0 Å². The zero-order valence-corrected chi connectivity index (χ0v) is 12.4. The van der Waals surface area contributed by atoms with E-state index in [0.29, 0.717) is 0 Å². The first-order valence-electron chi connectivity index (χ1n) is 7.12. The summed E-state index contributed by atoms with van der Waals surface area (Å²) in [7, 11) is 0. The number of benzene rings is 1. The van der Waals surface area contributed by atoms with E-state index in [-0.39, 0.29) is 5.38 Å².